The normalized spacial score (nSPS) is 12.1. The molecule has 114 valence electrons. The standard InChI is InChI=1S/C18H20N2OS/c1-22(2,17-9-4-3-5-10-17)14-20-16-8-6-7-15(11-16)18-12-19-13-21-18/h3-13,20H,14H2,1-2H3. The van der Waals surface area contributed by atoms with E-state index < -0.39 is 10.0 Å². The molecule has 0 spiro atoms. The molecule has 0 radical (unpaired) electrons. The van der Waals surface area contributed by atoms with Crippen LogP contribution in [0.5, 0.6) is 0 Å². The van der Waals surface area contributed by atoms with Gasteiger partial charge in [-0.15, -0.1) is 0 Å². The second-order valence-corrected chi connectivity index (χ2v) is 9.46. The van der Waals surface area contributed by atoms with Crippen LogP contribution in [0.4, 0.5) is 5.69 Å². The van der Waals surface area contributed by atoms with Gasteiger partial charge in [0.1, 0.15) is 0 Å². The average molecular weight is 312 g/mol. The van der Waals surface area contributed by atoms with Crippen molar-refractivity contribution in [1.29, 1.82) is 0 Å². The monoisotopic (exact) mass is 312 g/mol. The van der Waals surface area contributed by atoms with Crippen molar-refractivity contribution in [3.05, 3.63) is 67.2 Å². The maximum Gasteiger partial charge on any atom is 0.181 e. The van der Waals surface area contributed by atoms with Crippen LogP contribution >= 0.6 is 10.0 Å². The molecule has 1 N–H and O–H groups in total. The number of aromatic nitrogens is 1. The summed E-state index contributed by atoms with van der Waals surface area (Å²) >= 11 is 0. The predicted octanol–water partition coefficient (Wildman–Crippen LogP) is 4.83. The van der Waals surface area contributed by atoms with Gasteiger partial charge in [0.2, 0.25) is 0 Å². The van der Waals surface area contributed by atoms with E-state index in [1.807, 2.05) is 12.1 Å². The first-order chi connectivity index (χ1) is 10.6. The van der Waals surface area contributed by atoms with Crippen LogP contribution < -0.4 is 5.32 Å². The summed E-state index contributed by atoms with van der Waals surface area (Å²) in [4.78, 5) is 5.38. The average Bonchev–Trinajstić information content (AvgIpc) is 3.09. The Balaban J connectivity index is 1.73. The number of hydrogen-bond donors (Lipinski definition) is 1. The lowest BCUT2D eigenvalue weighted by atomic mass is 10.1. The van der Waals surface area contributed by atoms with E-state index >= 15 is 0 Å². The lowest BCUT2D eigenvalue weighted by Crippen LogP contribution is -2.10. The maximum atomic E-state index is 5.36. The molecule has 3 rings (SSSR count). The van der Waals surface area contributed by atoms with Crippen molar-refractivity contribution in [1.82, 2.24) is 4.98 Å². The zero-order valence-electron chi connectivity index (χ0n) is 12.8. The Morgan fingerprint density at radius 2 is 1.86 bits per heavy atom. The third-order valence-electron chi connectivity index (χ3n) is 3.60. The van der Waals surface area contributed by atoms with Crippen molar-refractivity contribution >= 4 is 15.7 Å². The summed E-state index contributed by atoms with van der Waals surface area (Å²) < 4.78 is 5.36. The van der Waals surface area contributed by atoms with Gasteiger partial charge >= 0.3 is 0 Å². The highest BCUT2D eigenvalue weighted by molar-refractivity contribution is 8.32. The van der Waals surface area contributed by atoms with Crippen LogP contribution in [0.3, 0.4) is 0 Å². The van der Waals surface area contributed by atoms with E-state index in [0.717, 1.165) is 22.9 Å². The molecule has 0 saturated heterocycles. The molecule has 22 heavy (non-hydrogen) atoms. The van der Waals surface area contributed by atoms with Crippen LogP contribution in [-0.2, 0) is 0 Å². The summed E-state index contributed by atoms with van der Waals surface area (Å²) in [7, 11) is -0.872. The molecule has 0 atom stereocenters. The van der Waals surface area contributed by atoms with Crippen LogP contribution in [0.25, 0.3) is 11.3 Å². The molecule has 1 heterocycles. The SMILES string of the molecule is CS(C)(CNc1cccc(-c2cnco2)c1)c1ccccc1. The van der Waals surface area contributed by atoms with Gasteiger partial charge in [-0.2, -0.15) is 0 Å². The Kier molecular flexibility index (Phi) is 4.20. The molecular weight excluding hydrogens is 292 g/mol. The highest BCUT2D eigenvalue weighted by Crippen LogP contribution is 2.48. The third-order valence-corrected chi connectivity index (χ3v) is 6.01. The number of rotatable bonds is 5. The Morgan fingerprint density at radius 1 is 1.05 bits per heavy atom. The van der Waals surface area contributed by atoms with Gasteiger partial charge in [0.25, 0.3) is 0 Å². The molecule has 0 aliphatic carbocycles. The minimum atomic E-state index is -0.872. The summed E-state index contributed by atoms with van der Waals surface area (Å²) in [6.07, 6.45) is 7.85. The summed E-state index contributed by atoms with van der Waals surface area (Å²) in [6.45, 7) is 0. The van der Waals surface area contributed by atoms with Crippen LogP contribution in [0, 0.1) is 0 Å². The minimum absolute atomic E-state index is 0.790. The number of anilines is 1. The van der Waals surface area contributed by atoms with Gasteiger partial charge in [0.05, 0.1) is 6.20 Å². The van der Waals surface area contributed by atoms with Crippen molar-refractivity contribution in [3.8, 4) is 11.3 Å². The van der Waals surface area contributed by atoms with E-state index in [1.54, 1.807) is 6.20 Å². The Morgan fingerprint density at radius 3 is 2.59 bits per heavy atom. The van der Waals surface area contributed by atoms with E-state index in [1.165, 1.54) is 11.3 Å². The van der Waals surface area contributed by atoms with Crippen molar-refractivity contribution in [2.75, 3.05) is 23.7 Å². The Hall–Kier alpha value is -2.20. The van der Waals surface area contributed by atoms with Gasteiger partial charge in [-0.3, -0.25) is 0 Å². The molecule has 4 heteroatoms. The summed E-state index contributed by atoms with van der Waals surface area (Å²) in [5.74, 6) is 1.73. The summed E-state index contributed by atoms with van der Waals surface area (Å²) in [5, 5.41) is 3.56. The van der Waals surface area contributed by atoms with Gasteiger partial charge < -0.3 is 9.73 Å². The quantitative estimate of drug-likeness (QED) is 0.733. The van der Waals surface area contributed by atoms with Gasteiger partial charge in [0.15, 0.2) is 12.2 Å². The molecule has 1 aromatic heterocycles. The molecule has 0 unspecified atom stereocenters. The Labute approximate surface area is 132 Å². The topological polar surface area (TPSA) is 38.1 Å². The second kappa shape index (κ2) is 6.28. The van der Waals surface area contributed by atoms with Crippen LogP contribution in [0.15, 0.2) is 76.5 Å². The molecule has 3 aromatic rings. The van der Waals surface area contributed by atoms with Crippen LogP contribution in [0.2, 0.25) is 0 Å². The molecule has 0 amide bonds. The number of hydrogen-bond acceptors (Lipinski definition) is 3. The maximum absolute atomic E-state index is 5.36. The molecule has 0 aliphatic rings. The van der Waals surface area contributed by atoms with Crippen molar-refractivity contribution in [2.24, 2.45) is 0 Å². The molecule has 0 fully saturated rings. The minimum Gasteiger partial charge on any atom is -0.444 e. The fourth-order valence-electron chi connectivity index (χ4n) is 2.28. The molecule has 3 nitrogen and oxygen atoms in total. The van der Waals surface area contributed by atoms with Gasteiger partial charge in [0, 0.05) is 17.1 Å². The molecule has 2 aromatic carbocycles. The lowest BCUT2D eigenvalue weighted by Gasteiger charge is -2.32. The Bertz CT molecular complexity index is 724. The van der Waals surface area contributed by atoms with E-state index in [9.17, 15) is 0 Å². The fraction of sp³-hybridized carbons (Fsp3) is 0.167. The van der Waals surface area contributed by atoms with Gasteiger partial charge in [-0.05, 0) is 29.5 Å². The highest BCUT2D eigenvalue weighted by Gasteiger charge is 2.14. The zero-order chi connectivity index (χ0) is 15.4. The largest absolute Gasteiger partial charge is 0.444 e. The first-order valence-electron chi connectivity index (χ1n) is 7.14. The first-order valence-corrected chi connectivity index (χ1v) is 9.76. The van der Waals surface area contributed by atoms with Crippen LogP contribution in [0.1, 0.15) is 0 Å². The molecule has 0 aliphatic heterocycles. The smallest absolute Gasteiger partial charge is 0.181 e. The fourth-order valence-corrected chi connectivity index (χ4v) is 3.86. The first kappa shape index (κ1) is 14.7. The van der Waals surface area contributed by atoms with Gasteiger partial charge in [-0.25, -0.2) is 15.0 Å². The number of nitrogens with one attached hydrogen (secondary N) is 1. The molecule has 0 bridgehead atoms. The molecule has 0 saturated carbocycles. The van der Waals surface area contributed by atoms with E-state index in [0.29, 0.717) is 0 Å². The summed E-state index contributed by atoms with van der Waals surface area (Å²) in [6, 6.07) is 18.9. The van der Waals surface area contributed by atoms with E-state index in [2.05, 4.69) is 65.3 Å². The zero-order valence-corrected chi connectivity index (χ0v) is 13.6. The van der Waals surface area contributed by atoms with Crippen LogP contribution in [-0.4, -0.2) is 23.4 Å². The van der Waals surface area contributed by atoms with Crippen molar-refractivity contribution in [2.45, 2.75) is 4.90 Å². The number of benzene rings is 2. The lowest BCUT2D eigenvalue weighted by molar-refractivity contribution is 0.572. The van der Waals surface area contributed by atoms with E-state index in [-0.39, 0.29) is 0 Å². The van der Waals surface area contributed by atoms with Gasteiger partial charge in [-0.1, -0.05) is 42.5 Å². The summed E-state index contributed by atoms with van der Waals surface area (Å²) in [5.41, 5.74) is 2.14. The molecular formula is C18H20N2OS. The second-order valence-electron chi connectivity index (χ2n) is 5.62. The number of oxazole rings is 1. The van der Waals surface area contributed by atoms with E-state index in [4.69, 9.17) is 4.42 Å². The predicted molar refractivity (Wildman–Crippen MR) is 94.6 cm³/mol. The van der Waals surface area contributed by atoms with Crippen molar-refractivity contribution < 1.29 is 4.42 Å². The third kappa shape index (κ3) is 3.34. The highest BCUT2D eigenvalue weighted by atomic mass is 32.3. The number of nitrogens with zero attached hydrogens (tertiary/aromatic N) is 1. The van der Waals surface area contributed by atoms with Crippen molar-refractivity contribution in [3.63, 3.8) is 0 Å².